The van der Waals surface area contributed by atoms with Crippen molar-refractivity contribution < 1.29 is 22.9 Å². The summed E-state index contributed by atoms with van der Waals surface area (Å²) in [7, 11) is 0. The molecule has 0 saturated carbocycles. The maximum absolute atomic E-state index is 13.4. The molecule has 1 aliphatic rings. The van der Waals surface area contributed by atoms with Gasteiger partial charge in [-0.3, -0.25) is 19.8 Å². The number of nitro groups is 1. The fraction of sp³-hybridized carbons (Fsp3) is 0.375. The van der Waals surface area contributed by atoms with Crippen LogP contribution in [0, 0.1) is 10.1 Å². The fourth-order valence-electron chi connectivity index (χ4n) is 4.09. The highest BCUT2D eigenvalue weighted by atomic mass is 32.2. The molecule has 196 valence electrons. The highest BCUT2D eigenvalue weighted by molar-refractivity contribution is 7.99. The Bertz CT molecular complexity index is 1250. The quantitative estimate of drug-likeness (QED) is 0.235. The zero-order chi connectivity index (χ0) is 26.4. The minimum Gasteiger partial charge on any atom is -0.325 e. The Balaban J connectivity index is 1.49. The number of thioether (sulfide) groups is 1. The Morgan fingerprint density at radius 1 is 1.05 bits per heavy atom. The van der Waals surface area contributed by atoms with Crippen LogP contribution < -0.4 is 5.32 Å². The van der Waals surface area contributed by atoms with Crippen LogP contribution in [0.25, 0.3) is 0 Å². The third-order valence-corrected chi connectivity index (χ3v) is 6.88. The van der Waals surface area contributed by atoms with Crippen molar-refractivity contribution in [2.75, 3.05) is 24.2 Å². The van der Waals surface area contributed by atoms with Crippen molar-refractivity contribution >= 4 is 29.0 Å². The molecule has 0 atom stereocenters. The average Bonchev–Trinajstić information content (AvgIpc) is 3.24. The summed E-state index contributed by atoms with van der Waals surface area (Å²) < 4.78 is 42.3. The van der Waals surface area contributed by atoms with Crippen LogP contribution in [0.3, 0.4) is 0 Å². The van der Waals surface area contributed by atoms with Crippen molar-refractivity contribution in [1.82, 2.24) is 19.7 Å². The van der Waals surface area contributed by atoms with Gasteiger partial charge in [-0.15, -0.1) is 10.2 Å². The van der Waals surface area contributed by atoms with Crippen molar-refractivity contribution in [2.24, 2.45) is 0 Å². The lowest BCUT2D eigenvalue weighted by atomic mass is 10.1. The van der Waals surface area contributed by atoms with Gasteiger partial charge in [0.15, 0.2) is 5.16 Å². The van der Waals surface area contributed by atoms with E-state index in [1.807, 2.05) is 34.9 Å². The van der Waals surface area contributed by atoms with Gasteiger partial charge in [-0.25, -0.2) is 0 Å². The van der Waals surface area contributed by atoms with Crippen molar-refractivity contribution in [3.05, 3.63) is 75.6 Å². The molecule has 2 aromatic carbocycles. The smallest absolute Gasteiger partial charge is 0.325 e. The number of benzene rings is 2. The molecule has 0 radical (unpaired) electrons. The lowest BCUT2D eigenvalue weighted by Crippen LogP contribution is -2.30. The largest absolute Gasteiger partial charge is 0.418 e. The molecule has 1 N–H and O–H groups in total. The van der Waals surface area contributed by atoms with Crippen LogP contribution in [-0.2, 0) is 24.1 Å². The lowest BCUT2D eigenvalue weighted by molar-refractivity contribution is -0.385. The van der Waals surface area contributed by atoms with Gasteiger partial charge in [0.25, 0.3) is 5.69 Å². The molecular formula is C24H25F3N6O3S. The van der Waals surface area contributed by atoms with Crippen LogP contribution in [0.5, 0.6) is 0 Å². The van der Waals surface area contributed by atoms with E-state index in [9.17, 15) is 28.1 Å². The third kappa shape index (κ3) is 7.07. The standard InChI is InChI=1S/C24H25F3N6O3S/c25-24(26,27)19-13-18(33(35)36)9-10-20(19)28-22(34)16-37-23-30-29-21(15-31-11-5-2-6-12-31)32(23)14-17-7-3-1-4-8-17/h1,3-4,7-10,13H,2,5-6,11-12,14-16H2,(H,28,34). The van der Waals surface area contributed by atoms with E-state index < -0.39 is 33.9 Å². The van der Waals surface area contributed by atoms with Gasteiger partial charge >= 0.3 is 6.18 Å². The van der Waals surface area contributed by atoms with Gasteiger partial charge in [-0.1, -0.05) is 48.5 Å². The van der Waals surface area contributed by atoms with Crippen LogP contribution in [0.2, 0.25) is 0 Å². The molecule has 1 aliphatic heterocycles. The number of halogens is 3. The first-order chi connectivity index (χ1) is 17.7. The predicted molar refractivity (Wildman–Crippen MR) is 132 cm³/mol. The Kier molecular flexibility index (Phi) is 8.44. The Morgan fingerprint density at radius 3 is 2.46 bits per heavy atom. The van der Waals surface area contributed by atoms with Gasteiger partial charge in [0, 0.05) is 12.1 Å². The molecule has 9 nitrogen and oxygen atoms in total. The topological polar surface area (TPSA) is 106 Å². The lowest BCUT2D eigenvalue weighted by Gasteiger charge is -2.26. The molecule has 2 heterocycles. The van der Waals surface area contributed by atoms with E-state index in [1.165, 1.54) is 6.42 Å². The highest BCUT2D eigenvalue weighted by Gasteiger charge is 2.35. The van der Waals surface area contributed by atoms with Crippen molar-refractivity contribution in [1.29, 1.82) is 0 Å². The number of hydrogen-bond donors (Lipinski definition) is 1. The van der Waals surface area contributed by atoms with E-state index in [-0.39, 0.29) is 5.75 Å². The van der Waals surface area contributed by atoms with Gasteiger partial charge in [-0.2, -0.15) is 13.2 Å². The number of likely N-dealkylation sites (tertiary alicyclic amines) is 1. The zero-order valence-electron chi connectivity index (χ0n) is 19.8. The van der Waals surface area contributed by atoms with Crippen LogP contribution in [0.1, 0.15) is 36.2 Å². The second-order valence-corrected chi connectivity index (χ2v) is 9.57. The number of carbonyl (C=O) groups is 1. The van der Waals surface area contributed by atoms with Gasteiger partial charge < -0.3 is 9.88 Å². The zero-order valence-corrected chi connectivity index (χ0v) is 20.6. The summed E-state index contributed by atoms with van der Waals surface area (Å²) in [6, 6.07) is 11.9. The second kappa shape index (κ2) is 11.7. The highest BCUT2D eigenvalue weighted by Crippen LogP contribution is 2.37. The molecule has 0 bridgehead atoms. The summed E-state index contributed by atoms with van der Waals surface area (Å²) >= 11 is 1.07. The van der Waals surface area contributed by atoms with Gasteiger partial charge in [0.2, 0.25) is 5.91 Å². The molecular weight excluding hydrogens is 509 g/mol. The molecule has 0 aliphatic carbocycles. The van der Waals surface area contributed by atoms with E-state index in [0.29, 0.717) is 24.3 Å². The van der Waals surface area contributed by atoms with Gasteiger partial charge in [0.1, 0.15) is 5.82 Å². The summed E-state index contributed by atoms with van der Waals surface area (Å²) in [5.41, 5.74) is -1.51. The Hall–Kier alpha value is -3.45. The predicted octanol–water partition coefficient (Wildman–Crippen LogP) is 4.97. The summed E-state index contributed by atoms with van der Waals surface area (Å²) in [5, 5.41) is 22.2. The molecule has 4 rings (SSSR count). The molecule has 0 unspecified atom stereocenters. The monoisotopic (exact) mass is 534 g/mol. The Morgan fingerprint density at radius 2 is 1.78 bits per heavy atom. The maximum Gasteiger partial charge on any atom is 0.418 e. The number of aromatic nitrogens is 3. The minimum atomic E-state index is -4.87. The third-order valence-electron chi connectivity index (χ3n) is 5.92. The normalized spacial score (nSPS) is 14.5. The van der Waals surface area contributed by atoms with Crippen molar-refractivity contribution in [3.8, 4) is 0 Å². The van der Waals surface area contributed by atoms with Gasteiger partial charge in [0.05, 0.1) is 35.0 Å². The molecule has 37 heavy (non-hydrogen) atoms. The summed E-state index contributed by atoms with van der Waals surface area (Å²) in [6.45, 7) is 3.05. The number of rotatable bonds is 9. The number of non-ortho nitro benzene ring substituents is 1. The summed E-state index contributed by atoms with van der Waals surface area (Å²) in [4.78, 5) is 24.9. The van der Waals surface area contributed by atoms with Crippen LogP contribution in [-0.4, -0.2) is 49.3 Å². The number of anilines is 1. The molecule has 1 fully saturated rings. The molecule has 13 heteroatoms. The fourth-order valence-corrected chi connectivity index (χ4v) is 4.85. The maximum atomic E-state index is 13.4. The Labute approximate surface area is 215 Å². The first kappa shape index (κ1) is 26.6. The number of nitrogens with zero attached hydrogens (tertiary/aromatic N) is 5. The van der Waals surface area contributed by atoms with E-state index in [1.54, 1.807) is 0 Å². The van der Waals surface area contributed by atoms with Crippen LogP contribution >= 0.6 is 11.8 Å². The minimum absolute atomic E-state index is 0.217. The summed E-state index contributed by atoms with van der Waals surface area (Å²) in [5.74, 6) is -0.162. The van der Waals surface area contributed by atoms with E-state index in [4.69, 9.17) is 0 Å². The number of hydrogen-bond acceptors (Lipinski definition) is 7. The van der Waals surface area contributed by atoms with Gasteiger partial charge in [-0.05, 0) is 37.6 Å². The molecule has 3 aromatic rings. The number of carbonyl (C=O) groups excluding carboxylic acids is 1. The van der Waals surface area contributed by atoms with E-state index in [2.05, 4.69) is 20.4 Å². The van der Waals surface area contributed by atoms with Crippen LogP contribution in [0.15, 0.2) is 53.7 Å². The van der Waals surface area contributed by atoms with Crippen LogP contribution in [0.4, 0.5) is 24.5 Å². The van der Waals surface area contributed by atoms with E-state index in [0.717, 1.165) is 61.2 Å². The first-order valence-corrected chi connectivity index (χ1v) is 12.7. The molecule has 1 saturated heterocycles. The number of amides is 1. The second-order valence-electron chi connectivity index (χ2n) is 8.63. The number of nitrogens with one attached hydrogen (secondary N) is 1. The average molecular weight is 535 g/mol. The first-order valence-electron chi connectivity index (χ1n) is 11.7. The number of piperidine rings is 1. The molecule has 1 aromatic heterocycles. The van der Waals surface area contributed by atoms with Crippen molar-refractivity contribution in [3.63, 3.8) is 0 Å². The van der Waals surface area contributed by atoms with E-state index >= 15 is 0 Å². The SMILES string of the molecule is O=C(CSc1nnc(CN2CCCCC2)n1Cc1ccccc1)Nc1ccc([N+](=O)[O-])cc1C(F)(F)F. The summed E-state index contributed by atoms with van der Waals surface area (Å²) in [6.07, 6.45) is -1.43. The number of nitro benzene ring substituents is 1. The van der Waals surface area contributed by atoms with Crippen molar-refractivity contribution in [2.45, 2.75) is 43.7 Å². The molecule has 1 amide bonds. The number of alkyl halides is 3. The molecule has 0 spiro atoms.